The smallest absolute Gasteiger partial charge is 0.240 e. The number of hydrogen-bond acceptors (Lipinski definition) is 6. The van der Waals surface area contributed by atoms with Crippen molar-refractivity contribution in [2.45, 2.75) is 22.6 Å². The second kappa shape index (κ2) is 12.8. The molecule has 0 atom stereocenters. The Bertz CT molecular complexity index is 1540. The number of nitrogens with one attached hydrogen (secondary N) is 2. The van der Waals surface area contributed by atoms with Crippen LogP contribution in [0.25, 0.3) is 21.5 Å². The van der Waals surface area contributed by atoms with Crippen LogP contribution in [0.4, 0.5) is 0 Å². The second-order valence-electron chi connectivity index (χ2n) is 10.2. The molecule has 8 nitrogen and oxygen atoms in total. The van der Waals surface area contributed by atoms with Crippen molar-refractivity contribution in [3.63, 3.8) is 0 Å². The lowest BCUT2D eigenvalue weighted by molar-refractivity contribution is 0.131. The van der Waals surface area contributed by atoms with Crippen LogP contribution in [0.2, 0.25) is 0 Å². The molecule has 0 saturated carbocycles. The van der Waals surface area contributed by atoms with Gasteiger partial charge in [0.2, 0.25) is 20.0 Å². The van der Waals surface area contributed by atoms with Crippen LogP contribution in [-0.2, 0) is 20.0 Å². The Hall–Kier alpha value is -2.86. The maximum absolute atomic E-state index is 12.7. The Balaban J connectivity index is 0.982. The first-order valence-electron chi connectivity index (χ1n) is 13.7. The van der Waals surface area contributed by atoms with Gasteiger partial charge in [0.15, 0.2) is 0 Å². The molecule has 1 fully saturated rings. The van der Waals surface area contributed by atoms with Crippen LogP contribution in [0.15, 0.2) is 94.7 Å². The highest BCUT2D eigenvalue weighted by Gasteiger charge is 2.18. The van der Waals surface area contributed by atoms with Gasteiger partial charge in [0.1, 0.15) is 0 Å². The van der Waals surface area contributed by atoms with Crippen molar-refractivity contribution in [3.05, 3.63) is 84.9 Å². The van der Waals surface area contributed by atoms with Crippen LogP contribution < -0.4 is 9.44 Å². The zero-order valence-electron chi connectivity index (χ0n) is 22.5. The maximum Gasteiger partial charge on any atom is 0.240 e. The Labute approximate surface area is 237 Å². The monoisotopic (exact) mass is 580 g/mol. The van der Waals surface area contributed by atoms with Crippen LogP contribution in [-0.4, -0.2) is 79.0 Å². The summed E-state index contributed by atoms with van der Waals surface area (Å²) in [5, 5.41) is 3.85. The van der Waals surface area contributed by atoms with Gasteiger partial charge < -0.3 is 9.80 Å². The van der Waals surface area contributed by atoms with E-state index < -0.39 is 20.0 Å². The summed E-state index contributed by atoms with van der Waals surface area (Å²) in [4.78, 5) is 5.28. The molecule has 0 radical (unpaired) electrons. The molecule has 1 heterocycles. The molecular formula is C30H36N4O4S2. The number of sulfonamides is 2. The van der Waals surface area contributed by atoms with E-state index in [1.807, 2.05) is 60.7 Å². The Morgan fingerprint density at radius 2 is 0.900 bits per heavy atom. The molecule has 0 aromatic heterocycles. The van der Waals surface area contributed by atoms with Gasteiger partial charge in [-0.05, 0) is 71.7 Å². The molecule has 10 heteroatoms. The molecular weight excluding hydrogens is 544 g/mol. The summed E-state index contributed by atoms with van der Waals surface area (Å²) in [5.41, 5.74) is 0. The minimum absolute atomic E-state index is 0.291. The number of benzene rings is 4. The lowest BCUT2D eigenvalue weighted by Crippen LogP contribution is -2.47. The van der Waals surface area contributed by atoms with Gasteiger partial charge in [0.05, 0.1) is 9.79 Å². The molecule has 1 aliphatic rings. The fourth-order valence-corrected chi connectivity index (χ4v) is 7.31. The summed E-state index contributed by atoms with van der Waals surface area (Å²) in [7, 11) is -7.08. The highest BCUT2D eigenvalue weighted by molar-refractivity contribution is 7.89. The van der Waals surface area contributed by atoms with Gasteiger partial charge in [0.25, 0.3) is 0 Å². The first-order valence-corrected chi connectivity index (χ1v) is 16.7. The Morgan fingerprint density at radius 1 is 0.525 bits per heavy atom. The van der Waals surface area contributed by atoms with Gasteiger partial charge in [-0.3, -0.25) is 0 Å². The zero-order valence-corrected chi connectivity index (χ0v) is 24.1. The quantitative estimate of drug-likeness (QED) is 0.248. The van der Waals surface area contributed by atoms with E-state index >= 15 is 0 Å². The number of fused-ring (bicyclic) bond motifs is 2. The minimum Gasteiger partial charge on any atom is -0.301 e. The van der Waals surface area contributed by atoms with Crippen molar-refractivity contribution in [3.8, 4) is 0 Å². The Kier molecular flexibility index (Phi) is 9.14. The summed E-state index contributed by atoms with van der Waals surface area (Å²) >= 11 is 0. The van der Waals surface area contributed by atoms with Gasteiger partial charge >= 0.3 is 0 Å². The summed E-state index contributed by atoms with van der Waals surface area (Å²) in [6, 6.07) is 25.8. The van der Waals surface area contributed by atoms with Gasteiger partial charge in [0, 0.05) is 39.3 Å². The van der Waals surface area contributed by atoms with Crippen molar-refractivity contribution in [1.29, 1.82) is 0 Å². The third-order valence-electron chi connectivity index (χ3n) is 7.41. The molecule has 0 amide bonds. The van der Waals surface area contributed by atoms with Crippen LogP contribution in [0.1, 0.15) is 12.8 Å². The van der Waals surface area contributed by atoms with E-state index in [4.69, 9.17) is 0 Å². The fourth-order valence-electron chi connectivity index (χ4n) is 5.09. The zero-order chi connectivity index (χ0) is 28.0. The highest BCUT2D eigenvalue weighted by atomic mass is 32.2. The number of piperazine rings is 1. The molecule has 0 spiro atoms. The van der Waals surface area contributed by atoms with Gasteiger partial charge in [-0.2, -0.15) is 0 Å². The second-order valence-corrected chi connectivity index (χ2v) is 13.7. The number of rotatable bonds is 12. The maximum atomic E-state index is 12.7. The van der Waals surface area contributed by atoms with Gasteiger partial charge in [-0.25, -0.2) is 26.3 Å². The van der Waals surface area contributed by atoms with E-state index in [9.17, 15) is 16.8 Å². The van der Waals surface area contributed by atoms with Crippen molar-refractivity contribution >= 4 is 41.6 Å². The summed E-state index contributed by atoms with van der Waals surface area (Å²) < 4.78 is 56.3. The number of nitrogens with zero attached hydrogens (tertiary/aromatic N) is 2. The lowest BCUT2D eigenvalue weighted by atomic mass is 10.1. The van der Waals surface area contributed by atoms with Crippen LogP contribution in [0.3, 0.4) is 0 Å². The topological polar surface area (TPSA) is 98.8 Å². The normalized spacial score (nSPS) is 15.6. The van der Waals surface area contributed by atoms with Crippen LogP contribution in [0.5, 0.6) is 0 Å². The van der Waals surface area contributed by atoms with E-state index in [0.717, 1.165) is 73.7 Å². The molecule has 0 aliphatic carbocycles. The first-order chi connectivity index (χ1) is 19.3. The largest absolute Gasteiger partial charge is 0.301 e. The molecule has 0 bridgehead atoms. The average molecular weight is 581 g/mol. The van der Waals surface area contributed by atoms with E-state index in [1.165, 1.54) is 0 Å². The lowest BCUT2D eigenvalue weighted by Gasteiger charge is -2.34. The van der Waals surface area contributed by atoms with E-state index in [-0.39, 0.29) is 0 Å². The van der Waals surface area contributed by atoms with Crippen molar-refractivity contribution < 1.29 is 16.8 Å². The van der Waals surface area contributed by atoms with Crippen molar-refractivity contribution in [2.75, 3.05) is 52.4 Å². The molecule has 0 unspecified atom stereocenters. The summed E-state index contributed by atoms with van der Waals surface area (Å²) in [6.45, 7) is 6.12. The average Bonchev–Trinajstić information content (AvgIpc) is 2.97. The molecule has 4 aromatic rings. The standard InChI is InChI=1S/C30H36N4O4S2/c35-39(36,29-13-11-25-7-1-3-9-27(25)23-29)31-15-5-17-33-19-21-34(22-20-33)18-6-16-32-40(37,38)30-14-12-26-8-2-4-10-28(26)24-30/h1-4,7-14,23-24,31-32H,5-6,15-22H2. The minimum atomic E-state index is -3.54. The molecule has 212 valence electrons. The van der Waals surface area contributed by atoms with Crippen molar-refractivity contribution in [1.82, 2.24) is 19.2 Å². The van der Waals surface area contributed by atoms with Crippen molar-refractivity contribution in [2.24, 2.45) is 0 Å². The van der Waals surface area contributed by atoms with E-state index in [1.54, 1.807) is 24.3 Å². The molecule has 2 N–H and O–H groups in total. The fraction of sp³-hybridized carbons (Fsp3) is 0.333. The highest BCUT2D eigenvalue weighted by Crippen LogP contribution is 2.20. The third-order valence-corrected chi connectivity index (χ3v) is 10.3. The van der Waals surface area contributed by atoms with Crippen LogP contribution in [0, 0.1) is 0 Å². The molecule has 40 heavy (non-hydrogen) atoms. The predicted octanol–water partition coefficient (Wildman–Crippen LogP) is 3.65. The summed E-state index contributed by atoms with van der Waals surface area (Å²) in [6.07, 6.45) is 1.48. The molecule has 5 rings (SSSR count). The molecule has 1 aliphatic heterocycles. The SMILES string of the molecule is O=S(=O)(NCCCN1CCN(CCCNS(=O)(=O)c2ccc3ccccc3c2)CC1)c1ccc2ccccc2c1. The third kappa shape index (κ3) is 7.25. The Morgan fingerprint density at radius 3 is 1.30 bits per heavy atom. The van der Waals surface area contributed by atoms with Gasteiger partial charge in [-0.15, -0.1) is 0 Å². The summed E-state index contributed by atoms with van der Waals surface area (Å²) in [5.74, 6) is 0. The molecule has 1 saturated heterocycles. The molecule has 4 aromatic carbocycles. The van der Waals surface area contributed by atoms with E-state index in [0.29, 0.717) is 22.9 Å². The first kappa shape index (κ1) is 28.7. The van der Waals surface area contributed by atoms with E-state index in [2.05, 4.69) is 19.2 Å². The van der Waals surface area contributed by atoms with Gasteiger partial charge in [-0.1, -0.05) is 60.7 Å². The number of hydrogen-bond donors (Lipinski definition) is 2. The predicted molar refractivity (Wildman–Crippen MR) is 160 cm³/mol. The van der Waals surface area contributed by atoms with Crippen LogP contribution >= 0.6 is 0 Å².